The largest absolute Gasteiger partial charge is 0.379 e. The van der Waals surface area contributed by atoms with Crippen LogP contribution in [0.2, 0.25) is 0 Å². The molecule has 1 saturated heterocycles. The predicted molar refractivity (Wildman–Crippen MR) is 105 cm³/mol. The first-order valence-corrected chi connectivity index (χ1v) is 10.7. The molecule has 3 aliphatic rings. The molecule has 2 aromatic heterocycles. The molecule has 0 atom stereocenters. The number of rotatable bonds is 5. The molecule has 27 heavy (non-hydrogen) atoms. The molecule has 0 N–H and O–H groups in total. The Hall–Kier alpha value is -1.66. The van der Waals surface area contributed by atoms with Gasteiger partial charge in [-0.15, -0.1) is 0 Å². The third-order valence-corrected chi connectivity index (χ3v) is 6.70. The van der Waals surface area contributed by atoms with E-state index in [0.29, 0.717) is 6.04 Å². The van der Waals surface area contributed by atoms with Gasteiger partial charge in [0.1, 0.15) is 5.65 Å². The van der Waals surface area contributed by atoms with Gasteiger partial charge in [-0.2, -0.15) is 5.10 Å². The van der Waals surface area contributed by atoms with Crippen molar-refractivity contribution in [1.82, 2.24) is 19.2 Å². The Balaban J connectivity index is 1.47. The number of aromatic nitrogens is 3. The Bertz CT molecular complexity index is 874. The minimum atomic E-state index is 0.275. The van der Waals surface area contributed by atoms with Crippen LogP contribution in [0.1, 0.15) is 55.7 Å². The van der Waals surface area contributed by atoms with Gasteiger partial charge in [0.2, 0.25) is 0 Å². The molecule has 0 bridgehead atoms. The zero-order chi connectivity index (χ0) is 18.2. The van der Waals surface area contributed by atoms with Gasteiger partial charge in [0.15, 0.2) is 0 Å². The minimum absolute atomic E-state index is 0.275. The maximum absolute atomic E-state index is 13.3. The Morgan fingerprint density at radius 3 is 2.56 bits per heavy atom. The van der Waals surface area contributed by atoms with E-state index in [2.05, 4.69) is 14.1 Å². The minimum Gasteiger partial charge on any atom is -0.379 e. The molecule has 0 amide bonds. The molecule has 6 heteroatoms. The summed E-state index contributed by atoms with van der Waals surface area (Å²) in [4.78, 5) is 15.8. The van der Waals surface area contributed by atoms with Crippen LogP contribution in [0.3, 0.4) is 0 Å². The highest BCUT2D eigenvalue weighted by Crippen LogP contribution is 2.35. The van der Waals surface area contributed by atoms with Gasteiger partial charge >= 0.3 is 0 Å². The normalized spacial score (nSPS) is 21.3. The van der Waals surface area contributed by atoms with Gasteiger partial charge in [-0.3, -0.25) is 14.3 Å². The zero-order valence-corrected chi connectivity index (χ0v) is 16.2. The zero-order valence-electron chi connectivity index (χ0n) is 16.2. The van der Waals surface area contributed by atoms with Crippen LogP contribution in [0.4, 0.5) is 0 Å². The Labute approximate surface area is 160 Å². The van der Waals surface area contributed by atoms with Crippen molar-refractivity contribution in [2.45, 2.75) is 64.0 Å². The molecule has 0 spiro atoms. The van der Waals surface area contributed by atoms with Crippen molar-refractivity contribution in [2.75, 3.05) is 32.8 Å². The molecule has 1 aliphatic heterocycles. The van der Waals surface area contributed by atoms with Crippen LogP contribution in [-0.2, 0) is 24.1 Å². The standard InChI is InChI=1S/C21H30N4O2/c26-21-18-8-2-1-7-17(18)19-15-22-24(20(19)25(21)16-5-3-6-16)10-4-9-23-11-13-27-14-12-23/h15-16H,1-14H2. The summed E-state index contributed by atoms with van der Waals surface area (Å²) in [7, 11) is 0. The van der Waals surface area contributed by atoms with E-state index in [0.717, 1.165) is 89.1 Å². The van der Waals surface area contributed by atoms with Gasteiger partial charge < -0.3 is 4.74 Å². The quantitative estimate of drug-likeness (QED) is 0.812. The molecule has 2 aromatic rings. The van der Waals surface area contributed by atoms with Crippen LogP contribution in [0.15, 0.2) is 11.0 Å². The maximum Gasteiger partial charge on any atom is 0.255 e. The molecular weight excluding hydrogens is 340 g/mol. The summed E-state index contributed by atoms with van der Waals surface area (Å²) in [5.74, 6) is 0. The SMILES string of the molecule is O=c1c2c(c3cnn(CCCN4CCOCC4)c3n1C1CCC1)CCCC2. The van der Waals surface area contributed by atoms with E-state index in [4.69, 9.17) is 9.84 Å². The summed E-state index contributed by atoms with van der Waals surface area (Å²) < 4.78 is 9.67. The highest BCUT2D eigenvalue weighted by molar-refractivity contribution is 5.81. The van der Waals surface area contributed by atoms with E-state index >= 15 is 0 Å². The van der Waals surface area contributed by atoms with Crippen molar-refractivity contribution < 1.29 is 4.74 Å². The first-order valence-electron chi connectivity index (χ1n) is 10.7. The summed E-state index contributed by atoms with van der Waals surface area (Å²) in [6.45, 7) is 5.70. The monoisotopic (exact) mass is 370 g/mol. The number of hydrogen-bond donors (Lipinski definition) is 0. The lowest BCUT2D eigenvalue weighted by Crippen LogP contribution is -2.37. The van der Waals surface area contributed by atoms with E-state index in [1.807, 2.05) is 6.20 Å². The van der Waals surface area contributed by atoms with Crippen LogP contribution < -0.4 is 5.56 Å². The Kier molecular flexibility index (Phi) is 4.78. The van der Waals surface area contributed by atoms with Gasteiger partial charge in [-0.1, -0.05) is 0 Å². The maximum atomic E-state index is 13.3. The number of hydrogen-bond acceptors (Lipinski definition) is 4. The predicted octanol–water partition coefficient (Wildman–Crippen LogP) is 2.52. The summed E-state index contributed by atoms with van der Waals surface area (Å²) in [5, 5.41) is 5.98. The second-order valence-corrected chi connectivity index (χ2v) is 8.34. The smallest absolute Gasteiger partial charge is 0.255 e. The van der Waals surface area contributed by atoms with Crippen LogP contribution in [0, 0.1) is 0 Å². The highest BCUT2D eigenvalue weighted by atomic mass is 16.5. The number of aryl methyl sites for hydroxylation is 2. The molecule has 3 heterocycles. The number of nitrogens with zero attached hydrogens (tertiary/aromatic N) is 4. The molecular formula is C21H30N4O2. The van der Waals surface area contributed by atoms with E-state index < -0.39 is 0 Å². The lowest BCUT2D eigenvalue weighted by Gasteiger charge is -2.31. The van der Waals surface area contributed by atoms with Crippen molar-refractivity contribution in [1.29, 1.82) is 0 Å². The average molecular weight is 370 g/mol. The van der Waals surface area contributed by atoms with Crippen LogP contribution >= 0.6 is 0 Å². The van der Waals surface area contributed by atoms with Crippen LogP contribution in [0.5, 0.6) is 0 Å². The lowest BCUT2D eigenvalue weighted by molar-refractivity contribution is 0.0368. The second kappa shape index (κ2) is 7.40. The van der Waals surface area contributed by atoms with Gasteiger partial charge in [0.25, 0.3) is 5.56 Å². The molecule has 2 fully saturated rings. The summed E-state index contributed by atoms with van der Waals surface area (Å²) in [5.41, 5.74) is 3.73. The average Bonchev–Trinajstić information content (AvgIpc) is 3.08. The number of pyridine rings is 1. The summed E-state index contributed by atoms with van der Waals surface area (Å²) in [6, 6.07) is 0.377. The van der Waals surface area contributed by atoms with Crippen molar-refractivity contribution in [3.05, 3.63) is 27.7 Å². The fourth-order valence-corrected chi connectivity index (χ4v) is 4.94. The summed E-state index contributed by atoms with van der Waals surface area (Å²) in [6.07, 6.45) is 10.9. The molecule has 6 nitrogen and oxygen atoms in total. The van der Waals surface area contributed by atoms with Crippen LogP contribution in [0.25, 0.3) is 11.0 Å². The van der Waals surface area contributed by atoms with E-state index in [-0.39, 0.29) is 5.56 Å². The molecule has 2 aliphatic carbocycles. The molecule has 1 saturated carbocycles. The van der Waals surface area contributed by atoms with Crippen molar-refractivity contribution in [3.63, 3.8) is 0 Å². The first kappa shape index (κ1) is 17.4. The first-order chi connectivity index (χ1) is 13.3. The van der Waals surface area contributed by atoms with Gasteiger partial charge in [0.05, 0.1) is 19.4 Å². The van der Waals surface area contributed by atoms with E-state index in [1.165, 1.54) is 23.8 Å². The third kappa shape index (κ3) is 3.13. The highest BCUT2D eigenvalue weighted by Gasteiger charge is 2.28. The third-order valence-electron chi connectivity index (χ3n) is 6.70. The van der Waals surface area contributed by atoms with E-state index in [9.17, 15) is 4.79 Å². The van der Waals surface area contributed by atoms with E-state index in [1.54, 1.807) is 0 Å². The second-order valence-electron chi connectivity index (χ2n) is 8.34. The molecule has 5 rings (SSSR count). The lowest BCUT2D eigenvalue weighted by atomic mass is 9.88. The number of morpholine rings is 1. The number of ether oxygens (including phenoxy) is 1. The molecule has 0 unspecified atom stereocenters. The fourth-order valence-electron chi connectivity index (χ4n) is 4.94. The Morgan fingerprint density at radius 1 is 1.04 bits per heavy atom. The number of fused-ring (bicyclic) bond motifs is 3. The van der Waals surface area contributed by atoms with Gasteiger partial charge in [-0.05, 0) is 56.9 Å². The van der Waals surface area contributed by atoms with Gasteiger partial charge in [0, 0.05) is 43.2 Å². The molecule has 0 radical (unpaired) electrons. The van der Waals surface area contributed by atoms with Crippen molar-refractivity contribution in [3.8, 4) is 0 Å². The van der Waals surface area contributed by atoms with Crippen molar-refractivity contribution >= 4 is 11.0 Å². The topological polar surface area (TPSA) is 52.3 Å². The molecule has 146 valence electrons. The van der Waals surface area contributed by atoms with Gasteiger partial charge in [-0.25, -0.2) is 4.68 Å². The van der Waals surface area contributed by atoms with Crippen LogP contribution in [-0.4, -0.2) is 52.1 Å². The Morgan fingerprint density at radius 2 is 1.81 bits per heavy atom. The summed E-state index contributed by atoms with van der Waals surface area (Å²) >= 11 is 0. The molecule has 0 aromatic carbocycles. The fraction of sp³-hybridized carbons (Fsp3) is 0.714. The van der Waals surface area contributed by atoms with Crippen molar-refractivity contribution in [2.24, 2.45) is 0 Å².